The molecule has 0 spiro atoms. The van der Waals surface area contributed by atoms with E-state index in [0.29, 0.717) is 12.3 Å². The number of hydrogen-bond donors (Lipinski definition) is 0. The molecular formula is C20H23NO4. The van der Waals surface area contributed by atoms with Gasteiger partial charge in [0.1, 0.15) is 5.75 Å². The van der Waals surface area contributed by atoms with Gasteiger partial charge in [0.25, 0.3) is 5.91 Å². The Labute approximate surface area is 148 Å². The van der Waals surface area contributed by atoms with Gasteiger partial charge in [-0.15, -0.1) is 0 Å². The average Bonchev–Trinajstić information content (AvgIpc) is 2.65. The summed E-state index contributed by atoms with van der Waals surface area (Å²) >= 11 is 0. The number of para-hydroxylation sites is 1. The number of methoxy groups -OCH3 is 1. The highest BCUT2D eigenvalue weighted by atomic mass is 16.5. The molecule has 0 radical (unpaired) electrons. The van der Waals surface area contributed by atoms with Crippen molar-refractivity contribution >= 4 is 11.9 Å². The van der Waals surface area contributed by atoms with Gasteiger partial charge < -0.3 is 14.4 Å². The molecule has 5 nitrogen and oxygen atoms in total. The lowest BCUT2D eigenvalue weighted by Crippen LogP contribution is -2.36. The molecule has 0 unspecified atom stereocenters. The summed E-state index contributed by atoms with van der Waals surface area (Å²) in [6.07, 6.45) is 0.152. The molecule has 0 saturated carbocycles. The zero-order chi connectivity index (χ0) is 18.1. The van der Waals surface area contributed by atoms with Gasteiger partial charge in [-0.2, -0.15) is 0 Å². The van der Waals surface area contributed by atoms with Crippen LogP contribution in [0.4, 0.5) is 0 Å². The maximum atomic E-state index is 12.5. The fourth-order valence-corrected chi connectivity index (χ4v) is 2.29. The minimum Gasteiger partial charge on any atom is -0.484 e. The zero-order valence-corrected chi connectivity index (χ0v) is 14.6. The van der Waals surface area contributed by atoms with Crippen LogP contribution in [-0.2, 0) is 20.9 Å². The van der Waals surface area contributed by atoms with Crippen molar-refractivity contribution in [2.24, 2.45) is 0 Å². The van der Waals surface area contributed by atoms with Crippen LogP contribution in [0.3, 0.4) is 0 Å². The monoisotopic (exact) mass is 341 g/mol. The molecule has 0 bridgehead atoms. The third kappa shape index (κ3) is 6.30. The van der Waals surface area contributed by atoms with E-state index in [1.54, 1.807) is 17.0 Å². The van der Waals surface area contributed by atoms with Crippen molar-refractivity contribution in [1.82, 2.24) is 4.90 Å². The largest absolute Gasteiger partial charge is 0.484 e. The van der Waals surface area contributed by atoms with E-state index in [9.17, 15) is 9.59 Å². The van der Waals surface area contributed by atoms with Crippen LogP contribution in [0, 0.1) is 6.92 Å². The number of benzene rings is 2. The van der Waals surface area contributed by atoms with Gasteiger partial charge in [-0.3, -0.25) is 9.59 Å². The molecule has 2 rings (SSSR count). The van der Waals surface area contributed by atoms with Crippen LogP contribution >= 0.6 is 0 Å². The smallest absolute Gasteiger partial charge is 0.307 e. The number of esters is 1. The number of ether oxygens (including phenoxy) is 2. The molecule has 2 aromatic rings. The second-order valence-corrected chi connectivity index (χ2v) is 5.73. The normalized spacial score (nSPS) is 10.2. The predicted molar refractivity (Wildman–Crippen MR) is 95.2 cm³/mol. The number of rotatable bonds is 8. The van der Waals surface area contributed by atoms with E-state index in [1.807, 2.05) is 49.4 Å². The molecule has 0 heterocycles. The van der Waals surface area contributed by atoms with Gasteiger partial charge in [0.05, 0.1) is 13.5 Å². The zero-order valence-electron chi connectivity index (χ0n) is 14.6. The van der Waals surface area contributed by atoms with E-state index in [4.69, 9.17) is 4.74 Å². The van der Waals surface area contributed by atoms with E-state index in [1.165, 1.54) is 7.11 Å². The van der Waals surface area contributed by atoms with Gasteiger partial charge in [-0.1, -0.05) is 48.0 Å². The first-order valence-electron chi connectivity index (χ1n) is 8.16. The number of nitrogens with zero attached hydrogens (tertiary/aromatic N) is 1. The Hall–Kier alpha value is -2.82. The van der Waals surface area contributed by atoms with Gasteiger partial charge in [0.2, 0.25) is 0 Å². The van der Waals surface area contributed by atoms with E-state index >= 15 is 0 Å². The van der Waals surface area contributed by atoms with Crippen LogP contribution in [0.5, 0.6) is 5.75 Å². The molecule has 2 aromatic carbocycles. The number of carbonyl (C=O) groups is 2. The lowest BCUT2D eigenvalue weighted by molar-refractivity contribution is -0.142. The fourth-order valence-electron chi connectivity index (χ4n) is 2.29. The number of hydrogen-bond acceptors (Lipinski definition) is 4. The predicted octanol–water partition coefficient (Wildman–Crippen LogP) is 2.97. The topological polar surface area (TPSA) is 55.8 Å². The van der Waals surface area contributed by atoms with E-state index in [2.05, 4.69) is 4.74 Å². The van der Waals surface area contributed by atoms with Crippen molar-refractivity contribution in [2.45, 2.75) is 19.9 Å². The van der Waals surface area contributed by atoms with Crippen molar-refractivity contribution in [3.63, 3.8) is 0 Å². The van der Waals surface area contributed by atoms with Crippen molar-refractivity contribution in [1.29, 1.82) is 0 Å². The molecule has 0 fully saturated rings. The van der Waals surface area contributed by atoms with Crippen LogP contribution in [0.15, 0.2) is 54.6 Å². The van der Waals surface area contributed by atoms with Crippen molar-refractivity contribution in [3.8, 4) is 5.75 Å². The number of aryl methyl sites for hydroxylation is 1. The summed E-state index contributed by atoms with van der Waals surface area (Å²) < 4.78 is 10.2. The minimum atomic E-state index is -0.342. The van der Waals surface area contributed by atoms with Crippen LogP contribution in [0.25, 0.3) is 0 Å². The Bertz CT molecular complexity index is 683. The highest BCUT2D eigenvalue weighted by Gasteiger charge is 2.16. The maximum Gasteiger partial charge on any atom is 0.307 e. The summed E-state index contributed by atoms with van der Waals surface area (Å²) in [4.78, 5) is 25.6. The Morgan fingerprint density at radius 1 is 1.00 bits per heavy atom. The summed E-state index contributed by atoms with van der Waals surface area (Å²) in [5.74, 6) is 0.123. The maximum absolute atomic E-state index is 12.5. The van der Waals surface area contributed by atoms with Gasteiger partial charge in [-0.25, -0.2) is 0 Å². The molecule has 0 N–H and O–H groups in total. The van der Waals surface area contributed by atoms with Crippen LogP contribution in [0.2, 0.25) is 0 Å². The summed E-state index contributed by atoms with van der Waals surface area (Å²) in [6.45, 7) is 2.65. The molecule has 0 atom stereocenters. The Balaban J connectivity index is 1.99. The first-order chi connectivity index (χ1) is 12.1. The molecular weight excluding hydrogens is 318 g/mol. The van der Waals surface area contributed by atoms with Gasteiger partial charge in [0, 0.05) is 13.1 Å². The molecule has 132 valence electrons. The summed E-state index contributed by atoms with van der Waals surface area (Å²) in [6, 6.07) is 17.1. The second kappa shape index (κ2) is 9.47. The highest BCUT2D eigenvalue weighted by molar-refractivity contribution is 5.78. The Kier molecular flexibility index (Phi) is 7.01. The SMILES string of the molecule is COC(=O)CCN(Cc1ccc(C)cc1)C(=O)COc1ccccc1. The van der Waals surface area contributed by atoms with E-state index < -0.39 is 0 Å². The van der Waals surface area contributed by atoms with E-state index in [-0.39, 0.29) is 31.4 Å². The molecule has 0 aromatic heterocycles. The highest BCUT2D eigenvalue weighted by Crippen LogP contribution is 2.11. The summed E-state index contributed by atoms with van der Waals surface area (Å²) in [7, 11) is 1.34. The second-order valence-electron chi connectivity index (χ2n) is 5.73. The fraction of sp³-hybridized carbons (Fsp3) is 0.300. The molecule has 0 aliphatic carbocycles. The molecule has 0 aliphatic heterocycles. The quantitative estimate of drug-likeness (QED) is 0.693. The van der Waals surface area contributed by atoms with Gasteiger partial charge >= 0.3 is 5.97 Å². The Morgan fingerprint density at radius 3 is 2.32 bits per heavy atom. The molecule has 5 heteroatoms. The lowest BCUT2D eigenvalue weighted by atomic mass is 10.1. The third-order valence-corrected chi connectivity index (χ3v) is 3.77. The number of carbonyl (C=O) groups excluding carboxylic acids is 2. The van der Waals surface area contributed by atoms with Crippen LogP contribution in [-0.4, -0.2) is 37.0 Å². The van der Waals surface area contributed by atoms with Crippen molar-refractivity contribution in [3.05, 3.63) is 65.7 Å². The molecule has 1 amide bonds. The van der Waals surface area contributed by atoms with E-state index in [0.717, 1.165) is 11.1 Å². The first kappa shape index (κ1) is 18.5. The van der Waals surface area contributed by atoms with Crippen LogP contribution < -0.4 is 4.74 Å². The van der Waals surface area contributed by atoms with Gasteiger partial charge in [0.15, 0.2) is 6.61 Å². The minimum absolute atomic E-state index is 0.0724. The van der Waals surface area contributed by atoms with Crippen molar-refractivity contribution < 1.29 is 19.1 Å². The third-order valence-electron chi connectivity index (χ3n) is 3.77. The van der Waals surface area contributed by atoms with Crippen LogP contribution in [0.1, 0.15) is 17.5 Å². The molecule has 0 saturated heterocycles. The molecule has 0 aliphatic rings. The molecule has 25 heavy (non-hydrogen) atoms. The lowest BCUT2D eigenvalue weighted by Gasteiger charge is -2.22. The van der Waals surface area contributed by atoms with Crippen molar-refractivity contribution in [2.75, 3.05) is 20.3 Å². The Morgan fingerprint density at radius 2 is 1.68 bits per heavy atom. The summed E-state index contributed by atoms with van der Waals surface area (Å²) in [5.41, 5.74) is 2.16. The first-order valence-corrected chi connectivity index (χ1v) is 8.16. The van der Waals surface area contributed by atoms with Gasteiger partial charge in [-0.05, 0) is 24.6 Å². The average molecular weight is 341 g/mol. The summed E-state index contributed by atoms with van der Waals surface area (Å²) in [5, 5.41) is 0. The standard InChI is InChI=1S/C20H23NO4/c1-16-8-10-17(11-9-16)14-21(13-12-20(23)24-2)19(22)15-25-18-6-4-3-5-7-18/h3-11H,12-15H2,1-2H3. The number of amides is 1.